The molecule has 2 rings (SSSR count). The second kappa shape index (κ2) is 5.43. The first-order valence-corrected chi connectivity index (χ1v) is 6.28. The van der Waals surface area contributed by atoms with Crippen LogP contribution >= 0.6 is 0 Å². The van der Waals surface area contributed by atoms with Gasteiger partial charge in [0.2, 0.25) is 5.82 Å². The van der Waals surface area contributed by atoms with Gasteiger partial charge in [0.15, 0.2) is 11.5 Å². The highest BCUT2D eigenvalue weighted by Crippen LogP contribution is 2.40. The smallest absolute Gasteiger partial charge is 0.319 e. The van der Waals surface area contributed by atoms with Crippen molar-refractivity contribution in [3.63, 3.8) is 0 Å². The van der Waals surface area contributed by atoms with Crippen LogP contribution in [0.15, 0.2) is 12.1 Å². The molecule has 112 valence electrons. The molecule has 7 heteroatoms. The summed E-state index contributed by atoms with van der Waals surface area (Å²) in [6, 6.07) is 3.33. The Labute approximate surface area is 122 Å². The van der Waals surface area contributed by atoms with Crippen molar-refractivity contribution >= 4 is 22.3 Å². The van der Waals surface area contributed by atoms with Crippen molar-refractivity contribution < 1.29 is 14.4 Å². The lowest BCUT2D eigenvalue weighted by Crippen LogP contribution is -2.14. The molecule has 0 fully saturated rings. The molecule has 1 heterocycles. The first-order valence-electron chi connectivity index (χ1n) is 6.28. The van der Waals surface area contributed by atoms with E-state index < -0.39 is 4.92 Å². The normalized spacial score (nSPS) is 10.5. The van der Waals surface area contributed by atoms with Gasteiger partial charge in [-0.2, -0.15) is 0 Å². The third-order valence-electron chi connectivity index (χ3n) is 3.26. The summed E-state index contributed by atoms with van der Waals surface area (Å²) in [5.74, 6) is 1.28. The van der Waals surface area contributed by atoms with E-state index in [0.29, 0.717) is 33.8 Å². The van der Waals surface area contributed by atoms with Crippen LogP contribution in [0.4, 0.5) is 11.5 Å². The zero-order valence-corrected chi connectivity index (χ0v) is 12.6. The molecule has 2 aromatic rings. The lowest BCUT2D eigenvalue weighted by atomic mass is 10.1. The number of anilines is 1. The number of hydrogen-bond donors (Lipinski definition) is 0. The number of aryl methyl sites for hydroxylation is 1. The molecular weight excluding hydrogens is 274 g/mol. The SMILES string of the molecule is COc1cc2c(C)nc(N(C)C)c([N+](=O)[O-])c2cc1OC. The number of ether oxygens (including phenoxy) is 2. The van der Waals surface area contributed by atoms with Crippen LogP contribution < -0.4 is 14.4 Å². The summed E-state index contributed by atoms with van der Waals surface area (Å²) in [6.07, 6.45) is 0. The molecular formula is C14H17N3O4. The first-order chi connectivity index (χ1) is 9.90. The quantitative estimate of drug-likeness (QED) is 0.636. The minimum Gasteiger partial charge on any atom is -0.493 e. The molecule has 1 aromatic carbocycles. The molecule has 0 saturated heterocycles. The highest BCUT2D eigenvalue weighted by atomic mass is 16.6. The molecule has 0 amide bonds. The van der Waals surface area contributed by atoms with Gasteiger partial charge in [-0.15, -0.1) is 0 Å². The Morgan fingerprint density at radius 2 is 1.67 bits per heavy atom. The van der Waals surface area contributed by atoms with Gasteiger partial charge in [-0.25, -0.2) is 4.98 Å². The van der Waals surface area contributed by atoms with Crippen molar-refractivity contribution in [3.05, 3.63) is 27.9 Å². The molecule has 0 aliphatic heterocycles. The van der Waals surface area contributed by atoms with Gasteiger partial charge >= 0.3 is 5.69 Å². The highest BCUT2D eigenvalue weighted by molar-refractivity contribution is 5.98. The third kappa shape index (κ3) is 2.42. The third-order valence-corrected chi connectivity index (χ3v) is 3.26. The van der Waals surface area contributed by atoms with Gasteiger partial charge in [-0.05, 0) is 19.1 Å². The Bertz CT molecular complexity index is 713. The van der Waals surface area contributed by atoms with Crippen molar-refractivity contribution in [1.82, 2.24) is 4.98 Å². The van der Waals surface area contributed by atoms with E-state index in [1.54, 1.807) is 31.1 Å². The van der Waals surface area contributed by atoms with E-state index in [9.17, 15) is 10.1 Å². The molecule has 0 unspecified atom stereocenters. The van der Waals surface area contributed by atoms with E-state index in [-0.39, 0.29) is 5.69 Å². The number of hydrogen-bond acceptors (Lipinski definition) is 6. The molecule has 0 aliphatic rings. The number of benzene rings is 1. The molecule has 0 spiro atoms. The van der Waals surface area contributed by atoms with E-state index in [1.165, 1.54) is 14.2 Å². The van der Waals surface area contributed by atoms with Gasteiger partial charge in [0, 0.05) is 25.2 Å². The van der Waals surface area contributed by atoms with Gasteiger partial charge < -0.3 is 14.4 Å². The van der Waals surface area contributed by atoms with Crippen LogP contribution in [-0.2, 0) is 0 Å². The number of aromatic nitrogens is 1. The van der Waals surface area contributed by atoms with Crippen LogP contribution in [0.25, 0.3) is 10.8 Å². The lowest BCUT2D eigenvalue weighted by molar-refractivity contribution is -0.382. The fraction of sp³-hybridized carbons (Fsp3) is 0.357. The van der Waals surface area contributed by atoms with Crippen molar-refractivity contribution in [2.45, 2.75) is 6.92 Å². The van der Waals surface area contributed by atoms with Crippen LogP contribution in [0.5, 0.6) is 11.5 Å². The Hall–Kier alpha value is -2.57. The van der Waals surface area contributed by atoms with Crippen LogP contribution in [0.2, 0.25) is 0 Å². The van der Waals surface area contributed by atoms with Gasteiger partial charge in [-0.1, -0.05) is 0 Å². The molecule has 0 radical (unpaired) electrons. The maximum absolute atomic E-state index is 11.5. The number of methoxy groups -OCH3 is 2. The average molecular weight is 291 g/mol. The van der Waals surface area contributed by atoms with E-state index in [1.807, 2.05) is 6.92 Å². The molecule has 0 saturated carbocycles. The maximum atomic E-state index is 11.5. The minimum absolute atomic E-state index is 0.0402. The van der Waals surface area contributed by atoms with Gasteiger partial charge in [-0.3, -0.25) is 10.1 Å². The molecule has 0 atom stereocenters. The van der Waals surface area contributed by atoms with E-state index in [2.05, 4.69) is 4.98 Å². The summed E-state index contributed by atoms with van der Waals surface area (Å²) in [6.45, 7) is 1.81. The van der Waals surface area contributed by atoms with Crippen molar-refractivity contribution in [1.29, 1.82) is 0 Å². The lowest BCUT2D eigenvalue weighted by Gasteiger charge is -2.16. The Balaban J connectivity index is 2.95. The van der Waals surface area contributed by atoms with E-state index in [4.69, 9.17) is 9.47 Å². The Morgan fingerprint density at radius 3 is 2.10 bits per heavy atom. The highest BCUT2D eigenvalue weighted by Gasteiger charge is 2.25. The summed E-state index contributed by atoms with van der Waals surface area (Å²) >= 11 is 0. The second-order valence-electron chi connectivity index (χ2n) is 4.77. The van der Waals surface area contributed by atoms with Crippen LogP contribution in [-0.4, -0.2) is 38.2 Å². The summed E-state index contributed by atoms with van der Waals surface area (Å²) in [7, 11) is 6.47. The molecule has 0 aliphatic carbocycles. The van der Waals surface area contributed by atoms with Crippen LogP contribution in [0.3, 0.4) is 0 Å². The van der Waals surface area contributed by atoms with Gasteiger partial charge in [0.05, 0.1) is 24.5 Å². The summed E-state index contributed by atoms with van der Waals surface area (Å²) < 4.78 is 10.5. The summed E-state index contributed by atoms with van der Waals surface area (Å²) in [4.78, 5) is 17.0. The van der Waals surface area contributed by atoms with Crippen molar-refractivity contribution in [2.24, 2.45) is 0 Å². The van der Waals surface area contributed by atoms with Gasteiger partial charge in [0.1, 0.15) is 0 Å². The predicted molar refractivity (Wildman–Crippen MR) is 80.6 cm³/mol. The molecule has 7 nitrogen and oxygen atoms in total. The average Bonchev–Trinajstić information content (AvgIpc) is 2.45. The fourth-order valence-corrected chi connectivity index (χ4v) is 2.26. The molecule has 0 N–H and O–H groups in total. The topological polar surface area (TPSA) is 77.7 Å². The van der Waals surface area contributed by atoms with Gasteiger partial charge in [0.25, 0.3) is 0 Å². The van der Waals surface area contributed by atoms with Crippen molar-refractivity contribution in [3.8, 4) is 11.5 Å². The predicted octanol–water partition coefficient (Wildman–Crippen LogP) is 2.53. The molecule has 21 heavy (non-hydrogen) atoms. The second-order valence-corrected chi connectivity index (χ2v) is 4.77. The summed E-state index contributed by atoms with van der Waals surface area (Å²) in [5.41, 5.74) is 0.654. The number of rotatable bonds is 4. The first kappa shape index (κ1) is 14.8. The van der Waals surface area contributed by atoms with E-state index in [0.717, 1.165) is 0 Å². The minimum atomic E-state index is -0.421. The van der Waals surface area contributed by atoms with E-state index >= 15 is 0 Å². The zero-order valence-electron chi connectivity index (χ0n) is 12.6. The zero-order chi connectivity index (χ0) is 15.7. The van der Waals surface area contributed by atoms with Crippen molar-refractivity contribution in [2.75, 3.05) is 33.2 Å². The molecule has 0 bridgehead atoms. The molecule has 1 aromatic heterocycles. The van der Waals surface area contributed by atoms with Crippen LogP contribution in [0.1, 0.15) is 5.69 Å². The largest absolute Gasteiger partial charge is 0.493 e. The van der Waals surface area contributed by atoms with Crippen LogP contribution in [0, 0.1) is 17.0 Å². The number of fused-ring (bicyclic) bond motifs is 1. The maximum Gasteiger partial charge on any atom is 0.319 e. The number of nitrogens with zero attached hydrogens (tertiary/aromatic N) is 3. The Kier molecular flexibility index (Phi) is 3.84. The number of pyridine rings is 1. The monoisotopic (exact) mass is 291 g/mol. The summed E-state index contributed by atoms with van der Waals surface area (Å²) in [5, 5.41) is 12.6. The number of nitro groups is 1. The Morgan fingerprint density at radius 1 is 1.14 bits per heavy atom. The fourth-order valence-electron chi connectivity index (χ4n) is 2.26. The standard InChI is InChI=1S/C14H17N3O4/c1-8-9-6-11(20-4)12(21-5)7-10(9)13(17(18)19)14(15-8)16(2)3/h6-7H,1-5H3.